The van der Waals surface area contributed by atoms with Crippen LogP contribution >= 0.6 is 0 Å². The van der Waals surface area contributed by atoms with Crippen LogP contribution in [-0.2, 0) is 6.54 Å². The van der Waals surface area contributed by atoms with Crippen molar-refractivity contribution in [3.05, 3.63) is 36.2 Å². The molecule has 0 aliphatic rings. The first kappa shape index (κ1) is 12.1. The van der Waals surface area contributed by atoms with Crippen LogP contribution in [0, 0.1) is 0 Å². The van der Waals surface area contributed by atoms with Crippen LogP contribution in [-0.4, -0.2) is 35.2 Å². The average molecular weight is 246 g/mol. The van der Waals surface area contributed by atoms with Gasteiger partial charge in [0.25, 0.3) is 0 Å². The molecule has 0 spiro atoms. The van der Waals surface area contributed by atoms with E-state index in [4.69, 9.17) is 4.52 Å². The molecule has 2 rings (SSSR count). The third-order valence-electron chi connectivity index (χ3n) is 2.30. The lowest BCUT2D eigenvalue weighted by atomic mass is 10.2. The molecule has 0 bridgehead atoms. The fourth-order valence-electron chi connectivity index (χ4n) is 1.34. The van der Waals surface area contributed by atoms with Gasteiger partial charge in [-0.05, 0) is 0 Å². The molecule has 6 heteroatoms. The second kappa shape index (κ2) is 5.31. The molecule has 0 unspecified atom stereocenters. The van der Waals surface area contributed by atoms with Gasteiger partial charge in [-0.15, -0.1) is 0 Å². The Hall–Kier alpha value is -2.37. The quantitative estimate of drug-likeness (QED) is 0.891. The van der Waals surface area contributed by atoms with Crippen molar-refractivity contribution in [2.75, 3.05) is 14.1 Å². The minimum absolute atomic E-state index is 0.200. The van der Waals surface area contributed by atoms with Crippen molar-refractivity contribution >= 4 is 6.03 Å². The number of hydrogen-bond acceptors (Lipinski definition) is 4. The van der Waals surface area contributed by atoms with Crippen molar-refractivity contribution in [2.24, 2.45) is 0 Å². The first-order valence-corrected chi connectivity index (χ1v) is 5.50. The van der Waals surface area contributed by atoms with Crippen molar-refractivity contribution in [3.63, 3.8) is 0 Å². The SMILES string of the molecule is CN(C)C(=O)NCc1nc(-c2ccccc2)no1. The highest BCUT2D eigenvalue weighted by molar-refractivity contribution is 5.73. The number of carbonyl (C=O) groups excluding carboxylic acids is 1. The number of rotatable bonds is 3. The standard InChI is InChI=1S/C12H14N4O2/c1-16(2)12(17)13-8-10-14-11(15-18-10)9-6-4-3-5-7-9/h3-7H,8H2,1-2H3,(H,13,17). The number of benzene rings is 1. The highest BCUT2D eigenvalue weighted by Crippen LogP contribution is 2.14. The highest BCUT2D eigenvalue weighted by atomic mass is 16.5. The largest absolute Gasteiger partial charge is 0.337 e. The zero-order chi connectivity index (χ0) is 13.0. The maximum atomic E-state index is 11.3. The van der Waals surface area contributed by atoms with E-state index in [9.17, 15) is 4.79 Å². The molecule has 0 atom stereocenters. The van der Waals surface area contributed by atoms with Gasteiger partial charge in [0.1, 0.15) is 0 Å². The first-order valence-electron chi connectivity index (χ1n) is 5.50. The molecular formula is C12H14N4O2. The molecule has 2 aromatic rings. The zero-order valence-electron chi connectivity index (χ0n) is 10.3. The Labute approximate surface area is 105 Å². The fraction of sp³-hybridized carbons (Fsp3) is 0.250. The number of nitrogens with zero attached hydrogens (tertiary/aromatic N) is 3. The monoisotopic (exact) mass is 246 g/mol. The number of aromatic nitrogens is 2. The van der Waals surface area contributed by atoms with Gasteiger partial charge in [0, 0.05) is 19.7 Å². The van der Waals surface area contributed by atoms with Gasteiger partial charge in [-0.2, -0.15) is 4.98 Å². The molecule has 6 nitrogen and oxygen atoms in total. The van der Waals surface area contributed by atoms with E-state index in [2.05, 4.69) is 15.5 Å². The maximum Gasteiger partial charge on any atom is 0.317 e. The summed E-state index contributed by atoms with van der Waals surface area (Å²) in [4.78, 5) is 17.0. The highest BCUT2D eigenvalue weighted by Gasteiger charge is 2.09. The van der Waals surface area contributed by atoms with E-state index in [0.29, 0.717) is 11.7 Å². The van der Waals surface area contributed by atoms with E-state index in [1.54, 1.807) is 14.1 Å². The molecule has 2 amide bonds. The van der Waals surface area contributed by atoms with Gasteiger partial charge in [-0.25, -0.2) is 4.79 Å². The third-order valence-corrected chi connectivity index (χ3v) is 2.30. The molecule has 1 N–H and O–H groups in total. The van der Waals surface area contributed by atoms with E-state index in [1.807, 2.05) is 30.3 Å². The molecule has 0 radical (unpaired) electrons. The smallest absolute Gasteiger partial charge is 0.317 e. The van der Waals surface area contributed by atoms with Crippen LogP contribution in [0.2, 0.25) is 0 Å². The Morgan fingerprint density at radius 3 is 2.72 bits per heavy atom. The van der Waals surface area contributed by atoms with Crippen molar-refractivity contribution in [1.82, 2.24) is 20.4 Å². The Morgan fingerprint density at radius 1 is 1.33 bits per heavy atom. The summed E-state index contributed by atoms with van der Waals surface area (Å²) in [6.07, 6.45) is 0. The van der Waals surface area contributed by atoms with E-state index in [0.717, 1.165) is 5.56 Å². The Kier molecular flexibility index (Phi) is 3.57. The molecule has 0 aliphatic heterocycles. The van der Waals surface area contributed by atoms with E-state index >= 15 is 0 Å². The van der Waals surface area contributed by atoms with Crippen molar-refractivity contribution in [3.8, 4) is 11.4 Å². The number of urea groups is 1. The van der Waals surface area contributed by atoms with Gasteiger partial charge in [0.05, 0.1) is 6.54 Å². The van der Waals surface area contributed by atoms with Crippen LogP contribution in [0.4, 0.5) is 4.79 Å². The molecule has 1 heterocycles. The summed E-state index contributed by atoms with van der Waals surface area (Å²) in [5.74, 6) is 0.897. The predicted molar refractivity (Wildman–Crippen MR) is 65.7 cm³/mol. The molecule has 0 fully saturated rings. The van der Waals surface area contributed by atoms with Crippen molar-refractivity contribution in [2.45, 2.75) is 6.54 Å². The van der Waals surface area contributed by atoms with Crippen LogP contribution in [0.5, 0.6) is 0 Å². The average Bonchev–Trinajstić information content (AvgIpc) is 2.85. The van der Waals surface area contributed by atoms with E-state index in [-0.39, 0.29) is 12.6 Å². The van der Waals surface area contributed by atoms with Crippen LogP contribution in [0.15, 0.2) is 34.9 Å². The lowest BCUT2D eigenvalue weighted by molar-refractivity contribution is 0.215. The zero-order valence-corrected chi connectivity index (χ0v) is 10.3. The number of hydrogen-bond donors (Lipinski definition) is 1. The Bertz CT molecular complexity index is 522. The predicted octanol–water partition coefficient (Wildman–Crippen LogP) is 1.51. The summed E-state index contributed by atoms with van der Waals surface area (Å²) < 4.78 is 5.05. The molecule has 0 aliphatic carbocycles. The lowest BCUT2D eigenvalue weighted by Gasteiger charge is -2.09. The Balaban J connectivity index is 2.01. The minimum Gasteiger partial charge on any atom is -0.337 e. The lowest BCUT2D eigenvalue weighted by Crippen LogP contribution is -2.33. The Morgan fingerprint density at radius 2 is 2.06 bits per heavy atom. The molecule has 1 aromatic carbocycles. The van der Waals surface area contributed by atoms with Gasteiger partial charge >= 0.3 is 6.03 Å². The van der Waals surface area contributed by atoms with Crippen LogP contribution < -0.4 is 5.32 Å². The molecule has 0 saturated carbocycles. The molecule has 0 saturated heterocycles. The maximum absolute atomic E-state index is 11.3. The number of carbonyl (C=O) groups is 1. The molecule has 18 heavy (non-hydrogen) atoms. The molecule has 1 aromatic heterocycles. The minimum atomic E-state index is -0.200. The van der Waals surface area contributed by atoms with Gasteiger partial charge in [-0.1, -0.05) is 35.5 Å². The number of amides is 2. The molecular weight excluding hydrogens is 232 g/mol. The first-order chi connectivity index (χ1) is 8.66. The number of nitrogens with one attached hydrogen (secondary N) is 1. The van der Waals surface area contributed by atoms with Crippen LogP contribution in [0.1, 0.15) is 5.89 Å². The molecule has 94 valence electrons. The van der Waals surface area contributed by atoms with Gasteiger partial charge < -0.3 is 14.7 Å². The second-order valence-electron chi connectivity index (χ2n) is 3.93. The summed E-state index contributed by atoms with van der Waals surface area (Å²) in [5.41, 5.74) is 0.881. The fourth-order valence-corrected chi connectivity index (χ4v) is 1.34. The van der Waals surface area contributed by atoms with E-state index in [1.165, 1.54) is 4.90 Å². The topological polar surface area (TPSA) is 71.3 Å². The van der Waals surface area contributed by atoms with Crippen LogP contribution in [0.3, 0.4) is 0 Å². The summed E-state index contributed by atoms with van der Waals surface area (Å²) in [6, 6.07) is 9.31. The van der Waals surface area contributed by atoms with Gasteiger partial charge in [0.15, 0.2) is 0 Å². The summed E-state index contributed by atoms with van der Waals surface area (Å²) in [5, 5.41) is 6.51. The third kappa shape index (κ3) is 2.85. The second-order valence-corrected chi connectivity index (χ2v) is 3.93. The van der Waals surface area contributed by atoms with Gasteiger partial charge in [0.2, 0.25) is 11.7 Å². The van der Waals surface area contributed by atoms with Crippen molar-refractivity contribution < 1.29 is 9.32 Å². The summed E-state index contributed by atoms with van der Waals surface area (Å²) in [7, 11) is 3.33. The normalized spacial score (nSPS) is 10.1. The van der Waals surface area contributed by atoms with Crippen molar-refractivity contribution in [1.29, 1.82) is 0 Å². The summed E-state index contributed by atoms with van der Waals surface area (Å²) >= 11 is 0. The van der Waals surface area contributed by atoms with E-state index < -0.39 is 0 Å². The van der Waals surface area contributed by atoms with Gasteiger partial charge in [-0.3, -0.25) is 0 Å². The summed E-state index contributed by atoms with van der Waals surface area (Å²) in [6.45, 7) is 0.219. The van der Waals surface area contributed by atoms with Crippen LogP contribution in [0.25, 0.3) is 11.4 Å².